The van der Waals surface area contributed by atoms with E-state index in [4.69, 9.17) is 4.74 Å². The number of rotatable bonds is 11. The van der Waals surface area contributed by atoms with Crippen molar-refractivity contribution in [3.8, 4) is 0 Å². The van der Waals surface area contributed by atoms with Gasteiger partial charge in [0.2, 0.25) is 0 Å². The van der Waals surface area contributed by atoms with E-state index in [2.05, 4.69) is 22.2 Å². The van der Waals surface area contributed by atoms with Crippen LogP contribution in [-0.4, -0.2) is 34.1 Å². The average molecular weight is 439 g/mol. The molecule has 6 nitrogen and oxygen atoms in total. The van der Waals surface area contributed by atoms with Crippen molar-refractivity contribution in [3.05, 3.63) is 96.1 Å². The third kappa shape index (κ3) is 7.24. The zero-order valence-electron chi connectivity index (χ0n) is 17.2. The highest BCUT2D eigenvalue weighted by Gasteiger charge is 2.14. The molecule has 0 spiro atoms. The normalized spacial score (nSPS) is 11.1. The summed E-state index contributed by atoms with van der Waals surface area (Å²) in [4.78, 5) is 12.5. The molecule has 2 N–H and O–H groups in total. The van der Waals surface area contributed by atoms with Crippen LogP contribution in [0.5, 0.6) is 0 Å². The molecule has 31 heavy (non-hydrogen) atoms. The third-order valence-corrected chi connectivity index (χ3v) is 5.96. The summed E-state index contributed by atoms with van der Waals surface area (Å²) in [7, 11) is -3.70. The number of nitrogens with one attached hydrogen (secondary N) is 2. The van der Waals surface area contributed by atoms with Crippen LogP contribution in [0.3, 0.4) is 0 Å². The molecular weight excluding hydrogens is 412 g/mol. The van der Waals surface area contributed by atoms with Crippen molar-refractivity contribution in [2.75, 3.05) is 24.5 Å². The van der Waals surface area contributed by atoms with Gasteiger partial charge in [-0.1, -0.05) is 54.6 Å². The lowest BCUT2D eigenvalue weighted by molar-refractivity contribution is 0.0942. The smallest absolute Gasteiger partial charge is 0.261 e. The molecule has 1 amide bonds. The molecule has 0 aliphatic carbocycles. The van der Waals surface area contributed by atoms with Gasteiger partial charge in [0.15, 0.2) is 0 Å². The molecule has 0 fully saturated rings. The summed E-state index contributed by atoms with van der Waals surface area (Å²) in [5.41, 5.74) is 1.96. The Morgan fingerprint density at radius 1 is 0.839 bits per heavy atom. The van der Waals surface area contributed by atoms with E-state index in [1.807, 2.05) is 18.2 Å². The molecule has 0 atom stereocenters. The van der Waals surface area contributed by atoms with E-state index in [0.717, 1.165) is 6.42 Å². The molecule has 0 unspecified atom stereocenters. The van der Waals surface area contributed by atoms with Gasteiger partial charge in [0.25, 0.3) is 15.9 Å². The van der Waals surface area contributed by atoms with Gasteiger partial charge in [-0.2, -0.15) is 0 Å². The Morgan fingerprint density at radius 2 is 1.55 bits per heavy atom. The highest BCUT2D eigenvalue weighted by atomic mass is 32.2. The van der Waals surface area contributed by atoms with Crippen LogP contribution in [0.2, 0.25) is 0 Å². The van der Waals surface area contributed by atoms with Crippen LogP contribution in [0.1, 0.15) is 22.3 Å². The minimum absolute atomic E-state index is 0.164. The van der Waals surface area contributed by atoms with Crippen LogP contribution in [0, 0.1) is 0 Å². The number of carbonyl (C=O) groups excluding carboxylic acids is 1. The van der Waals surface area contributed by atoms with Gasteiger partial charge in [-0.3, -0.25) is 9.52 Å². The van der Waals surface area contributed by atoms with Crippen molar-refractivity contribution >= 4 is 21.6 Å². The summed E-state index contributed by atoms with van der Waals surface area (Å²) in [5.74, 6) is -0.259. The zero-order chi connectivity index (χ0) is 21.9. The molecule has 3 aromatic carbocycles. The second kappa shape index (κ2) is 11.3. The first-order chi connectivity index (χ1) is 15.0. The SMILES string of the molecule is O=C(NCCCOCCc1ccccc1)c1cccc(NS(=O)(=O)c2ccccc2)c1. The molecular formula is C24H26N2O4S. The summed E-state index contributed by atoms with van der Waals surface area (Å²) in [6, 6.07) is 24.6. The Morgan fingerprint density at radius 3 is 2.29 bits per heavy atom. The molecule has 7 heteroatoms. The lowest BCUT2D eigenvalue weighted by Crippen LogP contribution is -2.25. The molecule has 0 saturated carbocycles. The summed E-state index contributed by atoms with van der Waals surface area (Å²) in [6.07, 6.45) is 1.56. The Labute approximate surface area is 183 Å². The molecule has 0 heterocycles. The quantitative estimate of drug-likeness (QED) is 0.445. The maximum Gasteiger partial charge on any atom is 0.261 e. The lowest BCUT2D eigenvalue weighted by atomic mass is 10.2. The van der Waals surface area contributed by atoms with Crippen LogP contribution in [0.15, 0.2) is 89.8 Å². The maximum atomic E-state index is 12.4. The van der Waals surface area contributed by atoms with Crippen molar-refractivity contribution in [2.24, 2.45) is 0 Å². The monoisotopic (exact) mass is 438 g/mol. The van der Waals surface area contributed by atoms with Crippen molar-refractivity contribution in [3.63, 3.8) is 0 Å². The van der Waals surface area contributed by atoms with Gasteiger partial charge in [-0.05, 0) is 48.7 Å². The molecule has 162 valence electrons. The van der Waals surface area contributed by atoms with E-state index >= 15 is 0 Å². The molecule has 3 rings (SSSR count). The topological polar surface area (TPSA) is 84.5 Å². The van der Waals surface area contributed by atoms with Gasteiger partial charge in [-0.15, -0.1) is 0 Å². The number of benzene rings is 3. The number of amides is 1. The summed E-state index contributed by atoms with van der Waals surface area (Å²) in [6.45, 7) is 1.68. The number of sulfonamides is 1. The van der Waals surface area contributed by atoms with Crippen molar-refractivity contribution in [2.45, 2.75) is 17.7 Å². The predicted octanol–water partition coefficient (Wildman–Crippen LogP) is 3.87. The van der Waals surface area contributed by atoms with Gasteiger partial charge in [0.1, 0.15) is 0 Å². The molecule has 3 aromatic rings. The van der Waals surface area contributed by atoms with E-state index < -0.39 is 10.0 Å². The number of hydrogen-bond donors (Lipinski definition) is 2. The predicted molar refractivity (Wildman–Crippen MR) is 122 cm³/mol. The summed E-state index contributed by atoms with van der Waals surface area (Å²) < 4.78 is 33.0. The van der Waals surface area contributed by atoms with E-state index in [0.29, 0.717) is 37.4 Å². The highest BCUT2D eigenvalue weighted by molar-refractivity contribution is 7.92. The largest absolute Gasteiger partial charge is 0.381 e. The third-order valence-electron chi connectivity index (χ3n) is 4.56. The number of carbonyl (C=O) groups is 1. The molecule has 0 aromatic heterocycles. The standard InChI is InChI=1S/C24H26N2O4S/c27-24(25-16-8-17-30-18-15-20-9-3-1-4-10-20)21-11-7-12-22(19-21)26-31(28,29)23-13-5-2-6-14-23/h1-7,9-14,19,26H,8,15-18H2,(H,25,27). The number of ether oxygens (including phenoxy) is 1. The molecule has 0 radical (unpaired) electrons. The van der Waals surface area contributed by atoms with Gasteiger partial charge in [0, 0.05) is 24.4 Å². The van der Waals surface area contributed by atoms with Crippen molar-refractivity contribution < 1.29 is 17.9 Å². The Bertz CT molecular complexity index is 1070. The van der Waals surface area contributed by atoms with Crippen LogP contribution in [0.25, 0.3) is 0 Å². The Balaban J connectivity index is 1.41. The fourth-order valence-electron chi connectivity index (χ4n) is 2.95. The molecule has 0 aliphatic heterocycles. The first kappa shape index (κ1) is 22.5. The van der Waals surface area contributed by atoms with E-state index in [-0.39, 0.29) is 10.8 Å². The van der Waals surface area contributed by atoms with Crippen molar-refractivity contribution in [1.29, 1.82) is 0 Å². The van der Waals surface area contributed by atoms with Crippen LogP contribution in [-0.2, 0) is 21.2 Å². The first-order valence-electron chi connectivity index (χ1n) is 10.1. The van der Waals surface area contributed by atoms with Crippen molar-refractivity contribution in [1.82, 2.24) is 5.32 Å². The second-order valence-corrected chi connectivity index (χ2v) is 8.64. The maximum absolute atomic E-state index is 12.4. The Hall–Kier alpha value is -3.16. The first-order valence-corrected chi connectivity index (χ1v) is 11.6. The van der Waals surface area contributed by atoms with Gasteiger partial charge in [-0.25, -0.2) is 8.42 Å². The minimum atomic E-state index is -3.70. The van der Waals surface area contributed by atoms with Gasteiger partial charge < -0.3 is 10.1 Å². The number of anilines is 1. The van der Waals surface area contributed by atoms with Crippen LogP contribution >= 0.6 is 0 Å². The summed E-state index contributed by atoms with van der Waals surface area (Å²) >= 11 is 0. The summed E-state index contributed by atoms with van der Waals surface area (Å²) in [5, 5.41) is 2.83. The minimum Gasteiger partial charge on any atom is -0.381 e. The van der Waals surface area contributed by atoms with Crippen LogP contribution in [0.4, 0.5) is 5.69 Å². The Kier molecular flexibility index (Phi) is 8.20. The molecule has 0 aliphatic rings. The second-order valence-electron chi connectivity index (χ2n) is 6.96. The zero-order valence-corrected chi connectivity index (χ0v) is 18.0. The van der Waals surface area contributed by atoms with E-state index in [9.17, 15) is 13.2 Å². The van der Waals surface area contributed by atoms with Crippen LogP contribution < -0.4 is 10.0 Å². The molecule has 0 saturated heterocycles. The van der Waals surface area contributed by atoms with Gasteiger partial charge >= 0.3 is 0 Å². The fraction of sp³-hybridized carbons (Fsp3) is 0.208. The highest BCUT2D eigenvalue weighted by Crippen LogP contribution is 2.17. The molecule has 0 bridgehead atoms. The van der Waals surface area contributed by atoms with E-state index in [1.54, 1.807) is 36.4 Å². The number of hydrogen-bond acceptors (Lipinski definition) is 4. The fourth-order valence-corrected chi connectivity index (χ4v) is 4.02. The van der Waals surface area contributed by atoms with E-state index in [1.165, 1.54) is 23.8 Å². The average Bonchev–Trinajstić information content (AvgIpc) is 2.79. The van der Waals surface area contributed by atoms with Gasteiger partial charge in [0.05, 0.1) is 11.5 Å². The lowest BCUT2D eigenvalue weighted by Gasteiger charge is -2.10.